The van der Waals surface area contributed by atoms with Crippen LogP contribution in [0.5, 0.6) is 0 Å². The quantitative estimate of drug-likeness (QED) is 0.354. The van der Waals surface area contributed by atoms with Crippen molar-refractivity contribution in [3.8, 4) is 0 Å². The highest BCUT2D eigenvalue weighted by Gasteiger charge is 2.14. The first kappa shape index (κ1) is 30.7. The molecule has 174 valence electrons. The van der Waals surface area contributed by atoms with Gasteiger partial charge in [0, 0.05) is 6.42 Å². The van der Waals surface area contributed by atoms with E-state index in [1.165, 1.54) is 66.6 Å². The summed E-state index contributed by atoms with van der Waals surface area (Å²) in [5.41, 5.74) is 5.38. The standard InChI is InChI=1S/C13H22O.C8H10.C5H13N.C2H6/c1-4-5-10-13(14-3)12-9-7-6-8-11(12)2;1-7-3-5-8(2)6-4-7;1-3-5-6-4-2;1-2/h2,4-10H2,1,3H3;3-6H,1-2H3;6H,3-5H2,1-2H3;1-2H3/b13-12-;;;. The Morgan fingerprint density at radius 2 is 1.47 bits per heavy atom. The van der Waals surface area contributed by atoms with Crippen molar-refractivity contribution in [2.45, 2.75) is 99.8 Å². The maximum Gasteiger partial charge on any atom is 0.0989 e. The van der Waals surface area contributed by atoms with Crippen LogP contribution in [0.15, 0.2) is 47.7 Å². The maximum atomic E-state index is 5.48. The topological polar surface area (TPSA) is 21.3 Å². The molecular formula is C28H51NO. The summed E-state index contributed by atoms with van der Waals surface area (Å²) in [6, 6.07) is 8.48. The van der Waals surface area contributed by atoms with Crippen LogP contribution in [0.4, 0.5) is 0 Å². The van der Waals surface area contributed by atoms with Gasteiger partial charge >= 0.3 is 0 Å². The van der Waals surface area contributed by atoms with E-state index in [4.69, 9.17) is 4.74 Å². The lowest BCUT2D eigenvalue weighted by atomic mass is 9.89. The van der Waals surface area contributed by atoms with Gasteiger partial charge in [0.2, 0.25) is 0 Å². The Balaban J connectivity index is 0. The van der Waals surface area contributed by atoms with Gasteiger partial charge in [-0.3, -0.25) is 0 Å². The van der Waals surface area contributed by atoms with Gasteiger partial charge in [-0.1, -0.05) is 83.0 Å². The zero-order valence-corrected chi connectivity index (χ0v) is 21.5. The summed E-state index contributed by atoms with van der Waals surface area (Å²) in [5.74, 6) is 1.19. The summed E-state index contributed by atoms with van der Waals surface area (Å²) in [7, 11) is 1.79. The fraction of sp³-hybridized carbons (Fsp3) is 0.643. The second kappa shape index (κ2) is 22.2. The lowest BCUT2D eigenvalue weighted by molar-refractivity contribution is 0.267. The van der Waals surface area contributed by atoms with Gasteiger partial charge in [0.15, 0.2) is 0 Å². The number of hydrogen-bond donors (Lipinski definition) is 1. The molecule has 1 aromatic rings. The predicted octanol–water partition coefficient (Wildman–Crippen LogP) is 8.54. The summed E-state index contributed by atoms with van der Waals surface area (Å²) >= 11 is 0. The molecule has 0 unspecified atom stereocenters. The van der Waals surface area contributed by atoms with Crippen LogP contribution in [-0.2, 0) is 4.74 Å². The fourth-order valence-electron chi connectivity index (χ4n) is 3.01. The van der Waals surface area contributed by atoms with Crippen molar-refractivity contribution in [1.29, 1.82) is 0 Å². The fourth-order valence-corrected chi connectivity index (χ4v) is 3.01. The summed E-state index contributed by atoms with van der Waals surface area (Å²) in [5, 5.41) is 3.20. The monoisotopic (exact) mass is 417 g/mol. The number of methoxy groups -OCH3 is 1. The highest BCUT2D eigenvalue weighted by molar-refractivity contribution is 5.32. The Bertz CT molecular complexity index is 517. The molecule has 0 atom stereocenters. The molecule has 2 nitrogen and oxygen atoms in total. The largest absolute Gasteiger partial charge is 0.501 e. The molecule has 0 aliphatic heterocycles. The number of nitrogens with one attached hydrogen (secondary N) is 1. The van der Waals surface area contributed by atoms with Gasteiger partial charge in [-0.15, -0.1) is 0 Å². The third kappa shape index (κ3) is 16.3. The van der Waals surface area contributed by atoms with Gasteiger partial charge in [0.1, 0.15) is 0 Å². The van der Waals surface area contributed by atoms with Crippen molar-refractivity contribution in [2.75, 3.05) is 20.2 Å². The van der Waals surface area contributed by atoms with Crippen molar-refractivity contribution in [3.05, 3.63) is 58.9 Å². The smallest absolute Gasteiger partial charge is 0.0989 e. The van der Waals surface area contributed by atoms with E-state index in [-0.39, 0.29) is 0 Å². The summed E-state index contributed by atoms with van der Waals surface area (Å²) < 4.78 is 5.48. The summed E-state index contributed by atoms with van der Waals surface area (Å²) in [4.78, 5) is 0. The number of hydrogen-bond acceptors (Lipinski definition) is 2. The molecule has 2 heteroatoms. The van der Waals surface area contributed by atoms with Gasteiger partial charge < -0.3 is 10.1 Å². The van der Waals surface area contributed by atoms with Crippen LogP contribution in [0, 0.1) is 13.8 Å². The van der Waals surface area contributed by atoms with Crippen LogP contribution in [0.3, 0.4) is 0 Å². The van der Waals surface area contributed by atoms with Crippen molar-refractivity contribution in [2.24, 2.45) is 0 Å². The van der Waals surface area contributed by atoms with E-state index in [1.807, 2.05) is 13.8 Å². The average molecular weight is 418 g/mol. The Kier molecular flexibility index (Phi) is 22.6. The highest BCUT2D eigenvalue weighted by Crippen LogP contribution is 2.31. The van der Waals surface area contributed by atoms with Crippen LogP contribution in [0.25, 0.3) is 0 Å². The first-order valence-corrected chi connectivity index (χ1v) is 12.2. The third-order valence-electron chi connectivity index (χ3n) is 4.82. The molecule has 0 saturated heterocycles. The second-order valence-corrected chi connectivity index (χ2v) is 7.53. The van der Waals surface area contributed by atoms with E-state index >= 15 is 0 Å². The van der Waals surface area contributed by atoms with Crippen molar-refractivity contribution in [1.82, 2.24) is 5.32 Å². The number of benzene rings is 1. The van der Waals surface area contributed by atoms with Crippen LogP contribution < -0.4 is 5.32 Å². The second-order valence-electron chi connectivity index (χ2n) is 7.53. The van der Waals surface area contributed by atoms with E-state index in [9.17, 15) is 0 Å². The number of ether oxygens (including phenoxy) is 1. The van der Waals surface area contributed by atoms with E-state index in [0.717, 1.165) is 25.9 Å². The number of aryl methyl sites for hydroxylation is 2. The molecule has 1 fully saturated rings. The molecule has 0 radical (unpaired) electrons. The van der Waals surface area contributed by atoms with Gasteiger partial charge in [-0.2, -0.15) is 0 Å². The molecule has 1 aromatic carbocycles. The molecule has 0 aromatic heterocycles. The first-order chi connectivity index (χ1) is 14.5. The first-order valence-electron chi connectivity index (χ1n) is 12.2. The minimum atomic E-state index is 1.08. The average Bonchev–Trinajstić information content (AvgIpc) is 2.78. The predicted molar refractivity (Wildman–Crippen MR) is 137 cm³/mol. The molecule has 1 aliphatic carbocycles. The lowest BCUT2D eigenvalue weighted by Crippen LogP contribution is -2.12. The van der Waals surface area contributed by atoms with Crippen LogP contribution in [0.2, 0.25) is 0 Å². The molecule has 1 saturated carbocycles. The third-order valence-corrected chi connectivity index (χ3v) is 4.82. The van der Waals surface area contributed by atoms with Gasteiger partial charge in [0.25, 0.3) is 0 Å². The number of allylic oxidation sites excluding steroid dienone is 3. The van der Waals surface area contributed by atoms with Crippen LogP contribution >= 0.6 is 0 Å². The van der Waals surface area contributed by atoms with Crippen molar-refractivity contribution >= 4 is 0 Å². The molecular weight excluding hydrogens is 366 g/mol. The maximum absolute atomic E-state index is 5.48. The Hall–Kier alpha value is -1.54. The lowest BCUT2D eigenvalue weighted by Gasteiger charge is -2.20. The molecule has 1 N–H and O–H groups in total. The normalized spacial score (nSPS) is 14.2. The van der Waals surface area contributed by atoms with E-state index in [0.29, 0.717) is 0 Å². The zero-order chi connectivity index (χ0) is 23.2. The van der Waals surface area contributed by atoms with Crippen molar-refractivity contribution < 1.29 is 4.74 Å². The Labute approximate surface area is 189 Å². The molecule has 0 spiro atoms. The van der Waals surface area contributed by atoms with Crippen molar-refractivity contribution in [3.63, 3.8) is 0 Å². The Morgan fingerprint density at radius 3 is 1.83 bits per heavy atom. The minimum Gasteiger partial charge on any atom is -0.501 e. The van der Waals surface area contributed by atoms with Crippen LogP contribution in [-0.4, -0.2) is 20.2 Å². The molecule has 0 bridgehead atoms. The molecule has 30 heavy (non-hydrogen) atoms. The molecule has 2 rings (SSSR count). The number of rotatable bonds is 7. The van der Waals surface area contributed by atoms with E-state index < -0.39 is 0 Å². The summed E-state index contributed by atoms with van der Waals surface area (Å²) in [6.45, 7) is 21.1. The summed E-state index contributed by atoms with van der Waals surface area (Å²) in [6.07, 6.45) is 9.71. The Morgan fingerprint density at radius 1 is 0.933 bits per heavy atom. The SMILES string of the molecule is C=C1CCCC/C1=C(\CCCC)OC.CC.CCCNCC.Cc1ccc(C)cc1. The van der Waals surface area contributed by atoms with E-state index in [1.54, 1.807) is 7.11 Å². The molecule has 1 aliphatic rings. The van der Waals surface area contributed by atoms with Gasteiger partial charge in [0.05, 0.1) is 12.9 Å². The van der Waals surface area contributed by atoms with Crippen LogP contribution in [0.1, 0.15) is 97.1 Å². The minimum absolute atomic E-state index is 1.08. The molecule has 0 heterocycles. The number of unbranched alkanes of at least 4 members (excludes halogenated alkanes) is 1. The van der Waals surface area contributed by atoms with Gasteiger partial charge in [-0.25, -0.2) is 0 Å². The van der Waals surface area contributed by atoms with Gasteiger partial charge in [-0.05, 0) is 76.6 Å². The zero-order valence-electron chi connectivity index (χ0n) is 21.5. The molecule has 0 amide bonds. The highest BCUT2D eigenvalue weighted by atomic mass is 16.5. The van der Waals surface area contributed by atoms with E-state index in [2.05, 4.69) is 70.8 Å².